The number of esters is 2. The zero-order valence-corrected chi connectivity index (χ0v) is 39.8. The Balaban J connectivity index is 0.000000168. The van der Waals surface area contributed by atoms with Crippen LogP contribution in [0.4, 0.5) is 8.78 Å². The van der Waals surface area contributed by atoms with Crippen LogP contribution in [0.3, 0.4) is 0 Å². The summed E-state index contributed by atoms with van der Waals surface area (Å²) in [4.78, 5) is 50.9. The lowest BCUT2D eigenvalue weighted by molar-refractivity contribution is -0.141. The number of benzene rings is 3. The summed E-state index contributed by atoms with van der Waals surface area (Å²) in [6.07, 6.45) is 11.6. The largest absolute Gasteiger partial charge is 0.469 e. The van der Waals surface area contributed by atoms with E-state index in [9.17, 15) is 26.8 Å². The Morgan fingerprint density at radius 1 is 0.638 bits per heavy atom. The van der Waals surface area contributed by atoms with E-state index in [1.807, 2.05) is 66.3 Å². The minimum absolute atomic E-state index is 0.0666. The molecule has 0 aliphatic carbocycles. The molecule has 1 N–H and O–H groups in total. The summed E-state index contributed by atoms with van der Waals surface area (Å²) >= 11 is 0. The van der Waals surface area contributed by atoms with E-state index in [1.165, 1.54) is 38.5 Å². The zero-order chi connectivity index (χ0) is 49.6. The Morgan fingerprint density at radius 3 is 1.42 bits per heavy atom. The molecule has 0 radical (unpaired) electrons. The Kier molecular flexibility index (Phi) is 15.1. The van der Waals surface area contributed by atoms with Crippen molar-refractivity contribution in [2.45, 2.75) is 77.3 Å². The highest BCUT2D eigenvalue weighted by Gasteiger charge is 2.30. The van der Waals surface area contributed by atoms with Gasteiger partial charge in [-0.1, -0.05) is 17.7 Å². The van der Waals surface area contributed by atoms with Gasteiger partial charge in [0.25, 0.3) is 10.1 Å². The molecule has 0 saturated carbocycles. The van der Waals surface area contributed by atoms with Crippen molar-refractivity contribution in [3.05, 3.63) is 184 Å². The van der Waals surface area contributed by atoms with Crippen LogP contribution in [0.25, 0.3) is 11.4 Å². The van der Waals surface area contributed by atoms with E-state index < -0.39 is 10.1 Å². The number of hydrogen-bond donors (Lipinski definition) is 1. The van der Waals surface area contributed by atoms with E-state index in [4.69, 9.17) is 24.0 Å². The molecule has 0 saturated heterocycles. The van der Waals surface area contributed by atoms with Crippen molar-refractivity contribution in [1.82, 2.24) is 29.1 Å². The number of aromatic nitrogens is 6. The number of ether oxygens (including phenoxy) is 2. The summed E-state index contributed by atoms with van der Waals surface area (Å²) in [6.45, 7) is 9.22. The molecule has 18 heteroatoms. The van der Waals surface area contributed by atoms with Crippen LogP contribution in [0.15, 0.2) is 125 Å². The molecule has 0 unspecified atom stereocenters. The van der Waals surface area contributed by atoms with Gasteiger partial charge in [0.1, 0.15) is 35.4 Å². The van der Waals surface area contributed by atoms with E-state index in [0.29, 0.717) is 46.5 Å². The smallest absolute Gasteiger partial charge is 0.305 e. The predicted molar refractivity (Wildman–Crippen MR) is 255 cm³/mol. The summed E-state index contributed by atoms with van der Waals surface area (Å²) in [7, 11) is -1.28. The SMILES string of the molecule is COC(=O)CC[C@@H]1N=C(c2cccnc2)c2cc(F)c(C)cc2-n2c(C)cnc21.COC(=O)CC[C@@H]1N=C(c2cccnc2)c2cc(F)c(C)cc2-n2c(C)cnc21.Cc1ccc(S(=O)(=O)O)cc1. The van der Waals surface area contributed by atoms with Gasteiger partial charge in [0.2, 0.25) is 0 Å². The molecule has 7 aromatic rings. The van der Waals surface area contributed by atoms with Crippen molar-refractivity contribution >= 4 is 33.5 Å². The Morgan fingerprint density at radius 2 is 1.06 bits per heavy atom. The lowest BCUT2D eigenvalue weighted by Crippen LogP contribution is -2.10. The lowest BCUT2D eigenvalue weighted by Gasteiger charge is -2.15. The van der Waals surface area contributed by atoms with Crippen LogP contribution in [-0.4, -0.2) is 79.6 Å². The normalized spacial score (nSPS) is 14.6. The fraction of sp³-hybridized carbons (Fsp3) is 0.255. The van der Waals surface area contributed by atoms with Crippen LogP contribution in [0.1, 0.15) is 99.7 Å². The second kappa shape index (κ2) is 21.2. The molecule has 15 nitrogen and oxygen atoms in total. The number of aryl methyl sites for hydroxylation is 5. The van der Waals surface area contributed by atoms with Gasteiger partial charge in [0.05, 0.1) is 41.9 Å². The molecule has 356 valence electrons. The van der Waals surface area contributed by atoms with Crippen molar-refractivity contribution in [1.29, 1.82) is 0 Å². The first-order chi connectivity index (χ1) is 33.0. The maximum absolute atomic E-state index is 14.6. The number of rotatable bonds is 9. The van der Waals surface area contributed by atoms with E-state index in [-0.39, 0.29) is 53.4 Å². The van der Waals surface area contributed by atoms with Crippen molar-refractivity contribution in [3.63, 3.8) is 0 Å². The standard InChI is InChI=1S/2C22H21FN4O2.C7H8O3S/c2*1-13-9-19-16(10-17(13)23)21(15-5-4-8-24-12-15)26-18(6-7-20(28)29-3)22-25-11-14(2)27(19)22;1-6-2-4-7(5-3-6)11(8,9)10/h2*4-5,8-12,18H,6-7H2,1-3H3;2-5H,1H3,(H,8,9,10)/t2*18-;/m00./s1. The molecule has 2 aliphatic heterocycles. The molecule has 6 heterocycles. The fourth-order valence-electron chi connectivity index (χ4n) is 7.93. The van der Waals surface area contributed by atoms with E-state index >= 15 is 0 Å². The van der Waals surface area contributed by atoms with Gasteiger partial charge in [-0.3, -0.25) is 43.2 Å². The number of hydrogen-bond acceptors (Lipinski definition) is 12. The number of imidazole rings is 2. The first-order valence-electron chi connectivity index (χ1n) is 21.8. The molecular weight excluding hydrogens is 907 g/mol. The van der Waals surface area contributed by atoms with Crippen LogP contribution < -0.4 is 0 Å². The zero-order valence-electron chi connectivity index (χ0n) is 39.0. The number of pyridine rings is 2. The fourth-order valence-corrected chi connectivity index (χ4v) is 8.41. The first kappa shape index (κ1) is 49.3. The van der Waals surface area contributed by atoms with Crippen LogP contribution in [0.2, 0.25) is 0 Å². The summed E-state index contributed by atoms with van der Waals surface area (Å²) in [5, 5.41) is 0. The van der Waals surface area contributed by atoms with Gasteiger partial charge in [-0.25, -0.2) is 18.7 Å². The van der Waals surface area contributed by atoms with Gasteiger partial charge >= 0.3 is 11.9 Å². The number of carbonyl (C=O) groups is 2. The number of aliphatic imine (C=N–C) groups is 2. The molecule has 2 aliphatic rings. The van der Waals surface area contributed by atoms with Gasteiger partial charge in [-0.05, 0) is 119 Å². The topological polar surface area (TPSA) is 193 Å². The van der Waals surface area contributed by atoms with Gasteiger partial charge in [-0.2, -0.15) is 8.42 Å². The van der Waals surface area contributed by atoms with E-state index in [1.54, 1.807) is 63.2 Å². The van der Waals surface area contributed by atoms with Gasteiger partial charge in [0.15, 0.2) is 0 Å². The van der Waals surface area contributed by atoms with Crippen LogP contribution >= 0.6 is 0 Å². The summed E-state index contributed by atoms with van der Waals surface area (Å²) in [5.74, 6) is 0.235. The molecule has 0 bridgehead atoms. The lowest BCUT2D eigenvalue weighted by atomic mass is 9.99. The minimum atomic E-state index is -4.02. The molecule has 9 rings (SSSR count). The number of fused-ring (bicyclic) bond motifs is 6. The third-order valence-corrected chi connectivity index (χ3v) is 12.4. The predicted octanol–water partition coefficient (Wildman–Crippen LogP) is 8.98. The third-order valence-electron chi connectivity index (χ3n) is 11.5. The second-order valence-corrected chi connectivity index (χ2v) is 17.8. The summed E-state index contributed by atoms with van der Waals surface area (Å²) < 4.78 is 72.3. The molecule has 0 spiro atoms. The van der Waals surface area contributed by atoms with Crippen LogP contribution in [-0.2, 0) is 29.2 Å². The molecule has 0 fully saturated rings. The molecule has 0 amide bonds. The monoisotopic (exact) mass is 956 g/mol. The quantitative estimate of drug-likeness (QED) is 0.107. The maximum Gasteiger partial charge on any atom is 0.305 e. The third kappa shape index (κ3) is 11.1. The van der Waals surface area contributed by atoms with Crippen molar-refractivity contribution in [2.75, 3.05) is 14.2 Å². The first-order valence-corrected chi connectivity index (χ1v) is 23.3. The Hall–Kier alpha value is -7.57. The van der Waals surface area contributed by atoms with E-state index in [2.05, 4.69) is 19.9 Å². The van der Waals surface area contributed by atoms with Gasteiger partial charge in [0, 0.05) is 83.7 Å². The Labute approximate surface area is 398 Å². The average Bonchev–Trinajstić information content (AvgIpc) is 3.85. The number of halogens is 2. The molecule has 2 atom stereocenters. The number of methoxy groups -OCH3 is 2. The van der Waals surface area contributed by atoms with Gasteiger partial charge in [-0.15, -0.1) is 0 Å². The molecule has 4 aromatic heterocycles. The minimum Gasteiger partial charge on any atom is -0.469 e. The average molecular weight is 957 g/mol. The highest BCUT2D eigenvalue weighted by molar-refractivity contribution is 7.85. The Bertz CT molecular complexity index is 3020. The van der Waals surface area contributed by atoms with Crippen LogP contribution in [0.5, 0.6) is 0 Å². The van der Waals surface area contributed by atoms with Crippen molar-refractivity contribution in [3.8, 4) is 11.4 Å². The van der Waals surface area contributed by atoms with Gasteiger partial charge < -0.3 is 9.47 Å². The molecular formula is C51H50F2N8O7S. The highest BCUT2D eigenvalue weighted by Crippen LogP contribution is 2.36. The maximum atomic E-state index is 14.6. The number of carbonyl (C=O) groups excluding carboxylic acids is 2. The molecule has 69 heavy (non-hydrogen) atoms. The van der Waals surface area contributed by atoms with Crippen molar-refractivity contribution in [2.24, 2.45) is 9.98 Å². The highest BCUT2D eigenvalue weighted by atomic mass is 32.2. The van der Waals surface area contributed by atoms with Crippen molar-refractivity contribution < 1.29 is 40.8 Å². The molecule has 3 aromatic carbocycles. The summed E-state index contributed by atoms with van der Waals surface area (Å²) in [6, 6.07) is 19.3. The number of nitrogens with zero attached hydrogens (tertiary/aromatic N) is 8. The summed E-state index contributed by atoms with van der Waals surface area (Å²) in [5.41, 5.74) is 9.67. The van der Waals surface area contributed by atoms with E-state index in [0.717, 1.165) is 51.1 Å². The second-order valence-electron chi connectivity index (χ2n) is 16.4. The van der Waals surface area contributed by atoms with Crippen LogP contribution in [0, 0.1) is 46.3 Å².